The number of aliphatic hydroxyl groups excluding tert-OH is 1. The highest BCUT2D eigenvalue weighted by Gasteiger charge is 2.39. The third-order valence-corrected chi connectivity index (χ3v) is 4.75. The fourth-order valence-corrected chi connectivity index (χ4v) is 3.24. The Bertz CT molecular complexity index is 941. The van der Waals surface area contributed by atoms with Crippen LogP contribution in [0.15, 0.2) is 48.5 Å². The Morgan fingerprint density at radius 3 is 2.60 bits per heavy atom. The zero-order valence-electron chi connectivity index (χ0n) is 16.2. The summed E-state index contributed by atoms with van der Waals surface area (Å²) >= 11 is 0. The number of esters is 1. The van der Waals surface area contributed by atoms with E-state index >= 15 is 0 Å². The second-order valence-electron chi connectivity index (χ2n) is 6.87. The molecule has 0 spiro atoms. The van der Waals surface area contributed by atoms with Gasteiger partial charge in [-0.05, 0) is 35.9 Å². The Balaban J connectivity index is 1.51. The average molecular weight is 412 g/mol. The van der Waals surface area contributed by atoms with Crippen molar-refractivity contribution < 1.29 is 28.6 Å². The van der Waals surface area contributed by atoms with Crippen LogP contribution in [0.25, 0.3) is 0 Å². The molecule has 1 aliphatic rings. The molecule has 30 heavy (non-hydrogen) atoms. The number of nitrogens with zero attached hydrogens (tertiary/aromatic N) is 2. The maximum absolute atomic E-state index is 13.8. The molecule has 1 amide bonds. The topological polar surface area (TPSA) is 99.9 Å². The standard InChI is InChI=1S/C22H21FN2O5/c23-19-4-2-1-3-16(19)11-21(27)25-14-17(26)12-20(25)22(28)30-10-9-29-18-7-5-15(13-24)6-8-18/h1-8,17,20,26H,9-12,14H2. The minimum atomic E-state index is -0.922. The molecule has 0 aromatic heterocycles. The van der Waals surface area contributed by atoms with Crippen LogP contribution in [0.3, 0.4) is 0 Å². The van der Waals surface area contributed by atoms with Crippen LogP contribution in [0.2, 0.25) is 0 Å². The number of amides is 1. The van der Waals surface area contributed by atoms with E-state index in [9.17, 15) is 19.1 Å². The van der Waals surface area contributed by atoms with Crippen LogP contribution in [0, 0.1) is 17.1 Å². The Labute approximate surface area is 173 Å². The first kappa shape index (κ1) is 21.3. The van der Waals surface area contributed by atoms with Gasteiger partial charge >= 0.3 is 5.97 Å². The quantitative estimate of drug-likeness (QED) is 0.550. The summed E-state index contributed by atoms with van der Waals surface area (Å²) in [5, 5.41) is 18.7. The van der Waals surface area contributed by atoms with E-state index in [1.807, 2.05) is 6.07 Å². The van der Waals surface area contributed by atoms with Gasteiger partial charge in [0.2, 0.25) is 5.91 Å². The minimum Gasteiger partial charge on any atom is -0.490 e. The van der Waals surface area contributed by atoms with Gasteiger partial charge in [0.25, 0.3) is 0 Å². The van der Waals surface area contributed by atoms with Crippen molar-refractivity contribution in [1.82, 2.24) is 4.90 Å². The second-order valence-corrected chi connectivity index (χ2v) is 6.87. The smallest absolute Gasteiger partial charge is 0.329 e. The van der Waals surface area contributed by atoms with Crippen LogP contribution in [-0.4, -0.2) is 53.8 Å². The molecule has 0 radical (unpaired) electrons. The number of β-amino-alcohol motifs (C(OH)–C–C–N with tert-alkyl or cyclic N) is 1. The van der Waals surface area contributed by atoms with Gasteiger partial charge in [-0.25, -0.2) is 9.18 Å². The summed E-state index contributed by atoms with van der Waals surface area (Å²) in [4.78, 5) is 26.3. The number of hydrogen-bond donors (Lipinski definition) is 1. The predicted octanol–water partition coefficient (Wildman–Crippen LogP) is 1.82. The van der Waals surface area contributed by atoms with Crippen LogP contribution in [0.1, 0.15) is 17.5 Å². The highest BCUT2D eigenvalue weighted by atomic mass is 19.1. The maximum Gasteiger partial charge on any atom is 0.329 e. The number of halogens is 1. The van der Waals surface area contributed by atoms with E-state index in [2.05, 4.69) is 0 Å². The van der Waals surface area contributed by atoms with Gasteiger partial charge in [0.1, 0.15) is 30.8 Å². The molecule has 8 heteroatoms. The second kappa shape index (κ2) is 9.85. The largest absolute Gasteiger partial charge is 0.490 e. The minimum absolute atomic E-state index is 0.00516. The van der Waals surface area contributed by atoms with Gasteiger partial charge < -0.3 is 19.5 Å². The zero-order chi connectivity index (χ0) is 21.5. The molecule has 1 aliphatic heterocycles. The maximum atomic E-state index is 13.8. The predicted molar refractivity (Wildman–Crippen MR) is 104 cm³/mol. The van der Waals surface area contributed by atoms with Crippen molar-refractivity contribution in [2.45, 2.75) is 25.0 Å². The van der Waals surface area contributed by atoms with Crippen molar-refractivity contribution in [3.05, 3.63) is 65.5 Å². The summed E-state index contributed by atoms with van der Waals surface area (Å²) in [7, 11) is 0. The lowest BCUT2D eigenvalue weighted by Gasteiger charge is -2.23. The van der Waals surface area contributed by atoms with Crippen molar-refractivity contribution in [2.75, 3.05) is 19.8 Å². The number of ether oxygens (including phenoxy) is 2. The molecular weight excluding hydrogens is 391 g/mol. The van der Waals surface area contributed by atoms with Crippen molar-refractivity contribution in [3.63, 3.8) is 0 Å². The van der Waals surface area contributed by atoms with E-state index < -0.39 is 29.8 Å². The first-order valence-electron chi connectivity index (χ1n) is 9.48. The zero-order valence-corrected chi connectivity index (χ0v) is 16.2. The SMILES string of the molecule is N#Cc1ccc(OCCOC(=O)C2CC(O)CN2C(=O)Cc2ccccc2F)cc1. The van der Waals surface area contributed by atoms with Gasteiger partial charge in [-0.15, -0.1) is 0 Å². The van der Waals surface area contributed by atoms with E-state index in [1.165, 1.54) is 23.1 Å². The normalized spacial score (nSPS) is 18.0. The molecule has 0 saturated carbocycles. The fourth-order valence-electron chi connectivity index (χ4n) is 3.24. The van der Waals surface area contributed by atoms with E-state index in [4.69, 9.17) is 14.7 Å². The summed E-state index contributed by atoms with van der Waals surface area (Å²) in [5.41, 5.74) is 0.737. The lowest BCUT2D eigenvalue weighted by Crippen LogP contribution is -2.42. The monoisotopic (exact) mass is 412 g/mol. The first-order valence-corrected chi connectivity index (χ1v) is 9.48. The molecule has 0 bridgehead atoms. The molecule has 1 saturated heterocycles. The van der Waals surface area contributed by atoms with Gasteiger partial charge in [-0.3, -0.25) is 4.79 Å². The molecule has 2 aromatic carbocycles. The van der Waals surface area contributed by atoms with E-state index in [0.717, 1.165) is 0 Å². The van der Waals surface area contributed by atoms with Gasteiger partial charge in [0.05, 0.1) is 24.2 Å². The molecule has 1 heterocycles. The molecule has 7 nitrogen and oxygen atoms in total. The average Bonchev–Trinajstić information content (AvgIpc) is 3.15. The van der Waals surface area contributed by atoms with E-state index in [-0.39, 0.29) is 38.2 Å². The Morgan fingerprint density at radius 1 is 1.17 bits per heavy atom. The summed E-state index contributed by atoms with van der Waals surface area (Å²) in [6, 6.07) is 13.5. The van der Waals surface area contributed by atoms with Crippen LogP contribution in [0.5, 0.6) is 5.75 Å². The molecule has 3 rings (SSSR count). The molecule has 2 unspecified atom stereocenters. The highest BCUT2D eigenvalue weighted by Crippen LogP contribution is 2.21. The lowest BCUT2D eigenvalue weighted by atomic mass is 10.1. The van der Waals surface area contributed by atoms with Crippen LogP contribution in [0.4, 0.5) is 4.39 Å². The fraction of sp³-hybridized carbons (Fsp3) is 0.318. The first-order chi connectivity index (χ1) is 14.5. The van der Waals surface area contributed by atoms with Crippen LogP contribution >= 0.6 is 0 Å². The van der Waals surface area contributed by atoms with Gasteiger partial charge in [-0.1, -0.05) is 18.2 Å². The lowest BCUT2D eigenvalue weighted by molar-refractivity contribution is -0.153. The molecule has 2 aromatic rings. The molecule has 2 atom stereocenters. The van der Waals surface area contributed by atoms with Crippen molar-refractivity contribution in [1.29, 1.82) is 5.26 Å². The number of rotatable bonds is 7. The van der Waals surface area contributed by atoms with Crippen molar-refractivity contribution in [3.8, 4) is 11.8 Å². The summed E-state index contributed by atoms with van der Waals surface area (Å²) < 4.78 is 24.5. The number of benzene rings is 2. The molecule has 1 fully saturated rings. The number of nitriles is 1. The van der Waals surface area contributed by atoms with Crippen LogP contribution in [-0.2, 0) is 20.7 Å². The third kappa shape index (κ3) is 5.33. The van der Waals surface area contributed by atoms with Gasteiger partial charge in [0.15, 0.2) is 0 Å². The highest BCUT2D eigenvalue weighted by molar-refractivity contribution is 5.86. The van der Waals surface area contributed by atoms with Crippen molar-refractivity contribution >= 4 is 11.9 Å². The van der Waals surface area contributed by atoms with Crippen LogP contribution < -0.4 is 4.74 Å². The molecule has 156 valence electrons. The van der Waals surface area contributed by atoms with Crippen molar-refractivity contribution in [2.24, 2.45) is 0 Å². The number of likely N-dealkylation sites (tertiary alicyclic amines) is 1. The molecule has 1 N–H and O–H groups in total. The number of carbonyl (C=O) groups is 2. The molecular formula is C22H21FN2O5. The summed E-state index contributed by atoms with van der Waals surface area (Å²) in [6.45, 7) is 0.0473. The Morgan fingerprint density at radius 2 is 1.90 bits per heavy atom. The van der Waals surface area contributed by atoms with E-state index in [0.29, 0.717) is 11.3 Å². The molecule has 0 aliphatic carbocycles. The summed E-state index contributed by atoms with van der Waals surface area (Å²) in [6.07, 6.45) is -0.981. The number of aliphatic hydroxyl groups is 1. The Hall–Kier alpha value is -3.44. The van der Waals surface area contributed by atoms with Gasteiger partial charge in [0, 0.05) is 13.0 Å². The van der Waals surface area contributed by atoms with Gasteiger partial charge in [-0.2, -0.15) is 5.26 Å². The number of hydrogen-bond acceptors (Lipinski definition) is 6. The van der Waals surface area contributed by atoms with E-state index in [1.54, 1.807) is 30.3 Å². The summed E-state index contributed by atoms with van der Waals surface area (Å²) in [5.74, 6) is -1.06. The third-order valence-electron chi connectivity index (χ3n) is 4.75. The Kier molecular flexibility index (Phi) is 6.99. The number of carbonyl (C=O) groups excluding carboxylic acids is 2.